The number of alkyl halides is 3. The molecule has 0 radical (unpaired) electrons. The molecule has 0 aliphatic heterocycles. The van der Waals surface area contributed by atoms with E-state index in [0.29, 0.717) is 5.56 Å². The molecule has 0 aliphatic rings. The minimum Gasteiger partial charge on any atom is -0.348 e. The van der Waals surface area contributed by atoms with E-state index >= 15 is 0 Å². The second-order valence-corrected chi connectivity index (χ2v) is 7.08. The number of nitrogens with two attached hydrogens (primary N) is 1. The van der Waals surface area contributed by atoms with E-state index in [0.717, 1.165) is 12.1 Å². The largest absolute Gasteiger partial charge is 0.416 e. The fraction of sp³-hybridized carbons (Fsp3) is 0.588. The molecule has 3 N–H and O–H groups in total. The summed E-state index contributed by atoms with van der Waals surface area (Å²) in [4.78, 5) is 12.3. The Balaban J connectivity index is 0.00000529. The van der Waals surface area contributed by atoms with Crippen molar-refractivity contribution in [2.24, 2.45) is 17.1 Å². The van der Waals surface area contributed by atoms with Crippen LogP contribution in [-0.4, -0.2) is 11.9 Å². The van der Waals surface area contributed by atoms with Crippen molar-refractivity contribution in [3.05, 3.63) is 35.4 Å². The molecule has 0 bridgehead atoms. The molecule has 138 valence electrons. The SMILES string of the molecule is CC(N)C(C)C(=O)NC(c1cccc(C(F)(F)F)c1)C(C)(C)C.Cl. The monoisotopic (exact) mass is 366 g/mol. The van der Waals surface area contributed by atoms with E-state index in [1.54, 1.807) is 19.9 Å². The standard InChI is InChI=1S/C17H25F3N2O.ClH/c1-10(11(2)21)15(23)22-14(16(3,4)5)12-7-6-8-13(9-12)17(18,19)20;/h6-11,14H,21H2,1-5H3,(H,22,23);1H. The first kappa shape index (κ1) is 22.7. The zero-order valence-corrected chi connectivity index (χ0v) is 15.4. The van der Waals surface area contributed by atoms with Gasteiger partial charge in [-0.05, 0) is 30.0 Å². The van der Waals surface area contributed by atoms with E-state index in [1.807, 2.05) is 20.8 Å². The number of halogens is 4. The maximum Gasteiger partial charge on any atom is 0.416 e. The zero-order valence-electron chi connectivity index (χ0n) is 14.6. The van der Waals surface area contributed by atoms with Crippen LogP contribution < -0.4 is 11.1 Å². The number of amides is 1. The highest BCUT2D eigenvalue weighted by atomic mass is 35.5. The summed E-state index contributed by atoms with van der Waals surface area (Å²) < 4.78 is 38.8. The Morgan fingerprint density at radius 3 is 2.12 bits per heavy atom. The molecule has 0 spiro atoms. The van der Waals surface area contributed by atoms with Crippen molar-refractivity contribution in [1.82, 2.24) is 5.32 Å². The van der Waals surface area contributed by atoms with Crippen LogP contribution in [0.5, 0.6) is 0 Å². The van der Waals surface area contributed by atoms with Gasteiger partial charge in [0.15, 0.2) is 0 Å². The van der Waals surface area contributed by atoms with Crippen LogP contribution in [0.3, 0.4) is 0 Å². The second-order valence-electron chi connectivity index (χ2n) is 7.08. The van der Waals surface area contributed by atoms with Crippen molar-refractivity contribution >= 4 is 18.3 Å². The van der Waals surface area contributed by atoms with E-state index in [2.05, 4.69) is 5.32 Å². The molecule has 1 rings (SSSR count). The summed E-state index contributed by atoms with van der Waals surface area (Å²) in [7, 11) is 0. The molecule has 1 aromatic rings. The van der Waals surface area contributed by atoms with Crippen LogP contribution in [0.2, 0.25) is 0 Å². The number of hydrogen-bond acceptors (Lipinski definition) is 2. The Morgan fingerprint density at radius 1 is 1.17 bits per heavy atom. The maximum atomic E-state index is 12.9. The highest BCUT2D eigenvalue weighted by Crippen LogP contribution is 2.36. The summed E-state index contributed by atoms with van der Waals surface area (Å²) >= 11 is 0. The van der Waals surface area contributed by atoms with Crippen molar-refractivity contribution in [1.29, 1.82) is 0 Å². The molecule has 3 atom stereocenters. The number of nitrogens with one attached hydrogen (secondary N) is 1. The molecule has 1 aromatic carbocycles. The minimum atomic E-state index is -4.42. The first-order valence-corrected chi connectivity index (χ1v) is 7.57. The van der Waals surface area contributed by atoms with E-state index in [4.69, 9.17) is 5.73 Å². The van der Waals surface area contributed by atoms with Gasteiger partial charge in [-0.3, -0.25) is 4.79 Å². The number of carbonyl (C=O) groups excluding carboxylic acids is 1. The molecule has 3 nitrogen and oxygen atoms in total. The fourth-order valence-electron chi connectivity index (χ4n) is 2.21. The first-order valence-electron chi connectivity index (χ1n) is 7.57. The van der Waals surface area contributed by atoms with Gasteiger partial charge >= 0.3 is 6.18 Å². The third-order valence-electron chi connectivity index (χ3n) is 3.90. The molecule has 0 heterocycles. The second kappa shape index (κ2) is 8.21. The van der Waals surface area contributed by atoms with Gasteiger partial charge in [0.2, 0.25) is 5.91 Å². The molecule has 3 unspecified atom stereocenters. The molecule has 0 saturated carbocycles. The topological polar surface area (TPSA) is 55.1 Å². The molecule has 0 aromatic heterocycles. The van der Waals surface area contributed by atoms with Gasteiger partial charge in [0.25, 0.3) is 0 Å². The van der Waals surface area contributed by atoms with Crippen LogP contribution in [0.15, 0.2) is 24.3 Å². The smallest absolute Gasteiger partial charge is 0.348 e. The van der Waals surface area contributed by atoms with E-state index < -0.39 is 29.1 Å². The summed E-state index contributed by atoms with van der Waals surface area (Å²) in [5.41, 5.74) is 4.99. The third-order valence-corrected chi connectivity index (χ3v) is 3.90. The predicted octanol–water partition coefficient (Wildman–Crippen LogP) is 4.31. The molecule has 24 heavy (non-hydrogen) atoms. The lowest BCUT2D eigenvalue weighted by molar-refractivity contribution is -0.137. The number of hydrogen-bond donors (Lipinski definition) is 2. The summed E-state index contributed by atoms with van der Waals surface area (Å²) in [5.74, 6) is -0.692. The molecular weight excluding hydrogens is 341 g/mol. The van der Waals surface area contributed by atoms with Gasteiger partial charge in [0, 0.05) is 12.0 Å². The van der Waals surface area contributed by atoms with Crippen molar-refractivity contribution in [2.45, 2.75) is 52.9 Å². The fourth-order valence-corrected chi connectivity index (χ4v) is 2.21. The summed E-state index contributed by atoms with van der Waals surface area (Å²) in [6.07, 6.45) is -4.42. The van der Waals surface area contributed by atoms with Crippen LogP contribution in [0.4, 0.5) is 13.2 Å². The summed E-state index contributed by atoms with van der Waals surface area (Å²) in [6.45, 7) is 9.03. The van der Waals surface area contributed by atoms with Gasteiger partial charge in [0.1, 0.15) is 0 Å². The van der Waals surface area contributed by atoms with Crippen LogP contribution >= 0.6 is 12.4 Å². The normalized spacial score (nSPS) is 15.9. The van der Waals surface area contributed by atoms with Gasteiger partial charge in [0.05, 0.1) is 11.6 Å². The Labute approximate surface area is 147 Å². The van der Waals surface area contributed by atoms with E-state index in [9.17, 15) is 18.0 Å². The van der Waals surface area contributed by atoms with E-state index in [1.165, 1.54) is 6.07 Å². The van der Waals surface area contributed by atoms with Gasteiger partial charge in [-0.25, -0.2) is 0 Å². The van der Waals surface area contributed by atoms with Crippen LogP contribution in [0.1, 0.15) is 51.8 Å². The average Bonchev–Trinajstić information content (AvgIpc) is 2.41. The predicted molar refractivity (Wildman–Crippen MR) is 91.8 cm³/mol. The molecule has 7 heteroatoms. The number of rotatable bonds is 4. The van der Waals surface area contributed by atoms with E-state index in [-0.39, 0.29) is 24.4 Å². The van der Waals surface area contributed by atoms with Crippen molar-refractivity contribution in [3.63, 3.8) is 0 Å². The molecule has 0 aliphatic carbocycles. The average molecular weight is 367 g/mol. The number of carbonyl (C=O) groups is 1. The molecule has 0 saturated heterocycles. The first-order chi connectivity index (χ1) is 10.3. The summed E-state index contributed by atoms with van der Waals surface area (Å²) in [5, 5.41) is 2.85. The van der Waals surface area contributed by atoms with Crippen molar-refractivity contribution < 1.29 is 18.0 Å². The van der Waals surface area contributed by atoms with Crippen LogP contribution in [0, 0.1) is 11.3 Å². The van der Waals surface area contributed by atoms with Crippen molar-refractivity contribution in [3.8, 4) is 0 Å². The lowest BCUT2D eigenvalue weighted by Gasteiger charge is -2.33. The maximum absolute atomic E-state index is 12.9. The Kier molecular flexibility index (Phi) is 7.77. The Morgan fingerprint density at radius 2 is 1.71 bits per heavy atom. The Hall–Kier alpha value is -1.27. The van der Waals surface area contributed by atoms with Crippen molar-refractivity contribution in [2.75, 3.05) is 0 Å². The van der Waals surface area contributed by atoms with Gasteiger partial charge in [-0.1, -0.05) is 39.8 Å². The van der Waals surface area contributed by atoms with Gasteiger partial charge in [-0.15, -0.1) is 12.4 Å². The molecule has 1 amide bonds. The number of benzene rings is 1. The van der Waals surface area contributed by atoms with Crippen LogP contribution in [0.25, 0.3) is 0 Å². The quantitative estimate of drug-likeness (QED) is 0.834. The van der Waals surface area contributed by atoms with Gasteiger partial charge < -0.3 is 11.1 Å². The highest BCUT2D eigenvalue weighted by molar-refractivity contribution is 5.85. The Bertz CT molecular complexity index is 554. The van der Waals surface area contributed by atoms with Gasteiger partial charge in [-0.2, -0.15) is 13.2 Å². The lowest BCUT2D eigenvalue weighted by atomic mass is 9.81. The van der Waals surface area contributed by atoms with Crippen LogP contribution in [-0.2, 0) is 11.0 Å². The third kappa shape index (κ3) is 5.98. The molecular formula is C17H26ClF3N2O. The zero-order chi connectivity index (χ0) is 18.0. The molecule has 0 fully saturated rings. The summed E-state index contributed by atoms with van der Waals surface area (Å²) in [6, 6.07) is 4.19. The highest BCUT2D eigenvalue weighted by Gasteiger charge is 2.34. The minimum absolute atomic E-state index is 0. The lowest BCUT2D eigenvalue weighted by Crippen LogP contribution is -2.43.